The molecule has 0 aromatic rings. The van der Waals surface area contributed by atoms with Gasteiger partial charge in [-0.1, -0.05) is 13.3 Å². The van der Waals surface area contributed by atoms with Crippen LogP contribution in [0.3, 0.4) is 0 Å². The summed E-state index contributed by atoms with van der Waals surface area (Å²) in [4.78, 5) is 30.7. The summed E-state index contributed by atoms with van der Waals surface area (Å²) < 4.78 is 0. The lowest BCUT2D eigenvalue weighted by molar-refractivity contribution is -0.790. The van der Waals surface area contributed by atoms with Crippen LogP contribution < -0.4 is 5.73 Å². The van der Waals surface area contributed by atoms with E-state index in [-0.39, 0.29) is 16.2 Å². The normalized spacial score (nSPS) is 37.8. The third-order valence-electron chi connectivity index (χ3n) is 7.13. The fourth-order valence-electron chi connectivity index (χ4n) is 7.56. The molecular weight excluding hydrogens is 354 g/mol. The van der Waals surface area contributed by atoms with Crippen molar-refractivity contribution in [2.75, 3.05) is 13.2 Å². The SMILES string of the molecule is CCCC12CC3CC(CCN)(C1)CC(CC(CO[N+](=O)[O-])O[N+](=O)[O-])(C3)C2. The molecule has 9 nitrogen and oxygen atoms in total. The van der Waals surface area contributed by atoms with Crippen molar-refractivity contribution in [2.24, 2.45) is 27.9 Å². The Bertz CT molecular complexity index is 563. The maximum atomic E-state index is 10.9. The topological polar surface area (TPSA) is 131 Å². The van der Waals surface area contributed by atoms with E-state index in [2.05, 4.69) is 11.8 Å². The van der Waals surface area contributed by atoms with Crippen LogP contribution in [-0.4, -0.2) is 29.4 Å². The number of hydrogen-bond acceptors (Lipinski definition) is 7. The molecule has 0 aromatic carbocycles. The van der Waals surface area contributed by atoms with Gasteiger partial charge in [0.2, 0.25) is 0 Å². The molecule has 0 heterocycles. The van der Waals surface area contributed by atoms with Gasteiger partial charge in [-0.2, -0.15) is 0 Å². The van der Waals surface area contributed by atoms with Crippen molar-refractivity contribution in [3.8, 4) is 0 Å². The molecule has 0 amide bonds. The Morgan fingerprint density at radius 2 is 1.63 bits per heavy atom. The minimum atomic E-state index is -0.912. The highest BCUT2D eigenvalue weighted by Crippen LogP contribution is 2.72. The molecule has 9 heteroatoms. The highest BCUT2D eigenvalue weighted by atomic mass is 17.0. The Morgan fingerprint density at radius 1 is 1.04 bits per heavy atom. The van der Waals surface area contributed by atoms with Gasteiger partial charge in [0, 0.05) is 0 Å². The molecule has 154 valence electrons. The van der Waals surface area contributed by atoms with Crippen LogP contribution in [0.5, 0.6) is 0 Å². The third kappa shape index (κ3) is 4.28. The van der Waals surface area contributed by atoms with Gasteiger partial charge in [-0.15, -0.1) is 20.2 Å². The first kappa shape index (κ1) is 20.1. The third-order valence-corrected chi connectivity index (χ3v) is 7.13. The van der Waals surface area contributed by atoms with Crippen LogP contribution >= 0.6 is 0 Å². The molecule has 2 N–H and O–H groups in total. The minimum Gasteiger partial charge on any atom is -0.330 e. The van der Waals surface area contributed by atoms with E-state index >= 15 is 0 Å². The Morgan fingerprint density at radius 3 is 2.19 bits per heavy atom. The van der Waals surface area contributed by atoms with Gasteiger partial charge in [-0.25, -0.2) is 0 Å². The Balaban J connectivity index is 1.83. The molecule has 4 rings (SSSR count). The summed E-state index contributed by atoms with van der Waals surface area (Å²) in [6.45, 7) is 2.47. The van der Waals surface area contributed by atoms with Gasteiger partial charge in [0.05, 0.1) is 0 Å². The van der Waals surface area contributed by atoms with Crippen molar-refractivity contribution in [3.63, 3.8) is 0 Å². The standard InChI is InChI=1S/C18H31N3O6/c1-2-3-16-6-14-7-17(11-16,4-5-19)13-18(8-14,12-16)9-15(27-21(24)25)10-26-20(22)23/h14-15H,2-13,19H2,1H3. The molecule has 4 aliphatic rings. The van der Waals surface area contributed by atoms with Gasteiger partial charge in [0.25, 0.3) is 10.2 Å². The fourth-order valence-corrected chi connectivity index (χ4v) is 7.56. The van der Waals surface area contributed by atoms with E-state index in [1.54, 1.807) is 0 Å². The lowest BCUT2D eigenvalue weighted by atomic mass is 9.37. The first-order valence-electron chi connectivity index (χ1n) is 10.0. The van der Waals surface area contributed by atoms with Crippen molar-refractivity contribution < 1.29 is 19.8 Å². The molecule has 0 saturated heterocycles. The van der Waals surface area contributed by atoms with Gasteiger partial charge < -0.3 is 15.4 Å². The molecule has 4 saturated carbocycles. The average Bonchev–Trinajstić information content (AvgIpc) is 2.50. The molecule has 5 atom stereocenters. The zero-order chi connectivity index (χ0) is 19.7. The minimum absolute atomic E-state index is 0.0651. The maximum absolute atomic E-state index is 10.9. The van der Waals surface area contributed by atoms with Gasteiger partial charge in [0.1, 0.15) is 12.7 Å². The van der Waals surface area contributed by atoms with Gasteiger partial charge in [-0.3, -0.25) is 0 Å². The number of hydrogen-bond donors (Lipinski definition) is 1. The smallest absolute Gasteiger partial charge is 0.294 e. The fraction of sp³-hybridized carbons (Fsp3) is 1.00. The quantitative estimate of drug-likeness (QED) is 0.426. The number of nitrogens with two attached hydrogens (primary N) is 1. The molecular formula is C18H31N3O6. The van der Waals surface area contributed by atoms with E-state index in [0.717, 1.165) is 32.1 Å². The summed E-state index contributed by atoms with van der Waals surface area (Å²) in [7, 11) is 0. The summed E-state index contributed by atoms with van der Waals surface area (Å²) in [5, 5.41) is 19.7. The zero-order valence-electron chi connectivity index (χ0n) is 16.1. The van der Waals surface area contributed by atoms with Crippen LogP contribution in [0.2, 0.25) is 0 Å². The maximum Gasteiger partial charge on any atom is 0.294 e. The molecule has 4 fully saturated rings. The summed E-state index contributed by atoms with van der Waals surface area (Å²) in [5.74, 6) is 0.618. The Hall–Kier alpha value is -1.64. The summed E-state index contributed by atoms with van der Waals surface area (Å²) in [5.41, 5.74) is 6.38. The van der Waals surface area contributed by atoms with E-state index in [0.29, 0.717) is 18.9 Å². The average molecular weight is 385 g/mol. The summed E-state index contributed by atoms with van der Waals surface area (Å²) >= 11 is 0. The lowest BCUT2D eigenvalue weighted by Gasteiger charge is -2.67. The van der Waals surface area contributed by atoms with E-state index in [9.17, 15) is 20.2 Å². The second-order valence-corrected chi connectivity index (χ2v) is 9.47. The molecule has 4 bridgehead atoms. The predicted octanol–water partition coefficient (Wildman–Crippen LogP) is 3.27. The highest BCUT2D eigenvalue weighted by molar-refractivity contribution is 5.13. The van der Waals surface area contributed by atoms with Crippen LogP contribution in [-0.2, 0) is 9.68 Å². The lowest BCUT2D eigenvalue weighted by Crippen LogP contribution is -2.58. The van der Waals surface area contributed by atoms with Crippen molar-refractivity contribution in [3.05, 3.63) is 20.2 Å². The second-order valence-electron chi connectivity index (χ2n) is 9.47. The van der Waals surface area contributed by atoms with Crippen LogP contribution in [0.25, 0.3) is 0 Å². The monoisotopic (exact) mass is 385 g/mol. The van der Waals surface area contributed by atoms with Gasteiger partial charge >= 0.3 is 0 Å². The molecule has 5 unspecified atom stereocenters. The molecule has 0 spiro atoms. The Labute approximate surface area is 159 Å². The molecule has 0 aromatic heterocycles. The highest BCUT2D eigenvalue weighted by Gasteiger charge is 2.62. The van der Waals surface area contributed by atoms with E-state index < -0.39 is 22.9 Å². The molecule has 0 aliphatic heterocycles. The van der Waals surface area contributed by atoms with Gasteiger partial charge in [0.15, 0.2) is 0 Å². The van der Waals surface area contributed by atoms with Crippen molar-refractivity contribution in [2.45, 2.75) is 77.2 Å². The predicted molar refractivity (Wildman–Crippen MR) is 96.5 cm³/mol. The summed E-state index contributed by atoms with van der Waals surface area (Å²) in [6, 6.07) is 0. The van der Waals surface area contributed by atoms with Crippen molar-refractivity contribution >= 4 is 0 Å². The van der Waals surface area contributed by atoms with Crippen LogP contribution in [0.15, 0.2) is 0 Å². The molecule has 27 heavy (non-hydrogen) atoms. The number of nitrogens with zero attached hydrogens (tertiary/aromatic N) is 2. The summed E-state index contributed by atoms with van der Waals surface area (Å²) in [6.07, 6.45) is 9.52. The van der Waals surface area contributed by atoms with Gasteiger partial charge in [-0.05, 0) is 86.5 Å². The molecule has 0 radical (unpaired) electrons. The first-order valence-corrected chi connectivity index (χ1v) is 10.0. The van der Waals surface area contributed by atoms with Crippen LogP contribution in [0.4, 0.5) is 0 Å². The van der Waals surface area contributed by atoms with Crippen molar-refractivity contribution in [1.29, 1.82) is 0 Å². The van der Waals surface area contributed by atoms with E-state index in [1.165, 1.54) is 25.7 Å². The van der Waals surface area contributed by atoms with E-state index in [4.69, 9.17) is 10.6 Å². The first-order chi connectivity index (χ1) is 12.7. The molecule has 4 aliphatic carbocycles. The largest absolute Gasteiger partial charge is 0.330 e. The second kappa shape index (κ2) is 7.41. The van der Waals surface area contributed by atoms with Crippen LogP contribution in [0, 0.1) is 42.4 Å². The zero-order valence-corrected chi connectivity index (χ0v) is 16.1. The Kier molecular flexibility index (Phi) is 5.52. The van der Waals surface area contributed by atoms with E-state index in [1.807, 2.05) is 0 Å². The number of rotatable bonds is 11. The van der Waals surface area contributed by atoms with Crippen molar-refractivity contribution in [1.82, 2.24) is 0 Å². The van der Waals surface area contributed by atoms with Crippen LogP contribution in [0.1, 0.15) is 71.1 Å².